The molecule has 4 rings (SSSR count). The van der Waals surface area contributed by atoms with E-state index in [1.54, 1.807) is 23.0 Å². The van der Waals surface area contributed by atoms with E-state index in [1.165, 1.54) is 0 Å². The third kappa shape index (κ3) is 3.38. The first-order chi connectivity index (χ1) is 12.2. The van der Waals surface area contributed by atoms with Gasteiger partial charge >= 0.3 is 0 Å². The molecule has 0 spiro atoms. The van der Waals surface area contributed by atoms with E-state index in [-0.39, 0.29) is 11.9 Å². The number of ether oxygens (including phenoxy) is 1. The lowest BCUT2D eigenvalue weighted by Crippen LogP contribution is -2.36. The van der Waals surface area contributed by atoms with Crippen molar-refractivity contribution in [3.05, 3.63) is 46.1 Å². The minimum atomic E-state index is -0.0930. The fourth-order valence-electron chi connectivity index (χ4n) is 3.07. The van der Waals surface area contributed by atoms with Crippen LogP contribution in [0, 0.1) is 6.92 Å². The fraction of sp³-hybridized carbons (Fsp3) is 0.333. The molecule has 1 fully saturated rings. The molecule has 6 nitrogen and oxygen atoms in total. The van der Waals surface area contributed by atoms with Gasteiger partial charge in [-0.25, -0.2) is 0 Å². The Labute approximate surface area is 149 Å². The standard InChI is InChI=1S/C18H19N3O3S/c1-11-17(18(22)21-12-4-5-19-7-12)15-6-13(2-3-16(15)24-11)23-9-14-8-20-10-25-14/h2-3,6,8,10,12,19H,4-5,7,9H2,1H3,(H,21,22)/t12-/m0/s1. The smallest absolute Gasteiger partial charge is 0.255 e. The van der Waals surface area contributed by atoms with Gasteiger partial charge in [0, 0.05) is 24.2 Å². The lowest BCUT2D eigenvalue weighted by atomic mass is 10.1. The van der Waals surface area contributed by atoms with E-state index < -0.39 is 0 Å². The maximum atomic E-state index is 12.7. The summed E-state index contributed by atoms with van der Waals surface area (Å²) in [5.74, 6) is 1.24. The van der Waals surface area contributed by atoms with Crippen molar-refractivity contribution in [2.75, 3.05) is 13.1 Å². The van der Waals surface area contributed by atoms with Crippen molar-refractivity contribution in [3.63, 3.8) is 0 Å². The summed E-state index contributed by atoms with van der Waals surface area (Å²) in [5, 5.41) is 7.11. The van der Waals surface area contributed by atoms with E-state index in [4.69, 9.17) is 9.15 Å². The number of amides is 1. The van der Waals surface area contributed by atoms with Crippen LogP contribution in [0.15, 0.2) is 34.3 Å². The second-order valence-corrected chi connectivity index (χ2v) is 7.08. The van der Waals surface area contributed by atoms with Crippen LogP contribution in [0.1, 0.15) is 27.4 Å². The highest BCUT2D eigenvalue weighted by Gasteiger charge is 2.23. The summed E-state index contributed by atoms with van der Waals surface area (Å²) < 4.78 is 11.6. The number of benzene rings is 1. The number of hydrogen-bond donors (Lipinski definition) is 2. The summed E-state index contributed by atoms with van der Waals surface area (Å²) in [7, 11) is 0. The summed E-state index contributed by atoms with van der Waals surface area (Å²) in [4.78, 5) is 17.8. The van der Waals surface area contributed by atoms with Crippen LogP contribution in [-0.4, -0.2) is 30.0 Å². The molecule has 130 valence electrons. The number of furan rings is 1. The number of aryl methyl sites for hydroxylation is 1. The van der Waals surface area contributed by atoms with E-state index >= 15 is 0 Å². The van der Waals surface area contributed by atoms with Crippen molar-refractivity contribution in [3.8, 4) is 5.75 Å². The van der Waals surface area contributed by atoms with Crippen LogP contribution in [0.2, 0.25) is 0 Å². The maximum absolute atomic E-state index is 12.7. The molecule has 1 saturated heterocycles. The Bertz CT molecular complexity index is 882. The minimum Gasteiger partial charge on any atom is -0.488 e. The van der Waals surface area contributed by atoms with Crippen LogP contribution < -0.4 is 15.4 Å². The van der Waals surface area contributed by atoms with Crippen LogP contribution in [0.4, 0.5) is 0 Å². The van der Waals surface area contributed by atoms with E-state index in [0.717, 1.165) is 29.8 Å². The molecule has 0 saturated carbocycles. The summed E-state index contributed by atoms with van der Waals surface area (Å²) in [6.45, 7) is 4.03. The van der Waals surface area contributed by atoms with Gasteiger partial charge in [0.25, 0.3) is 5.91 Å². The normalized spacial score (nSPS) is 17.1. The zero-order valence-corrected chi connectivity index (χ0v) is 14.7. The lowest BCUT2D eigenvalue weighted by Gasteiger charge is -2.11. The average Bonchev–Trinajstić information content (AvgIpc) is 3.33. The van der Waals surface area contributed by atoms with Crippen molar-refractivity contribution in [2.24, 2.45) is 0 Å². The zero-order chi connectivity index (χ0) is 17.2. The molecule has 25 heavy (non-hydrogen) atoms. The van der Waals surface area contributed by atoms with Gasteiger partial charge in [0.2, 0.25) is 0 Å². The van der Waals surface area contributed by atoms with Gasteiger partial charge in [-0.1, -0.05) is 0 Å². The molecule has 7 heteroatoms. The second-order valence-electron chi connectivity index (χ2n) is 6.11. The monoisotopic (exact) mass is 357 g/mol. The first kappa shape index (κ1) is 16.1. The van der Waals surface area contributed by atoms with Crippen molar-refractivity contribution >= 4 is 28.2 Å². The number of carbonyl (C=O) groups is 1. The molecular formula is C18H19N3O3S. The maximum Gasteiger partial charge on any atom is 0.255 e. The molecule has 1 atom stereocenters. The number of fused-ring (bicyclic) bond motifs is 1. The highest BCUT2D eigenvalue weighted by molar-refractivity contribution is 7.09. The number of nitrogens with one attached hydrogen (secondary N) is 2. The number of thiazole rings is 1. The van der Waals surface area contributed by atoms with Crippen molar-refractivity contribution < 1.29 is 13.9 Å². The Morgan fingerprint density at radius 2 is 2.44 bits per heavy atom. The quantitative estimate of drug-likeness (QED) is 0.734. The van der Waals surface area contributed by atoms with Crippen molar-refractivity contribution in [1.29, 1.82) is 0 Å². The van der Waals surface area contributed by atoms with Crippen LogP contribution in [-0.2, 0) is 6.61 Å². The molecule has 2 aromatic heterocycles. The third-order valence-electron chi connectivity index (χ3n) is 4.32. The predicted octanol–water partition coefficient (Wildman–Crippen LogP) is 2.87. The van der Waals surface area contributed by atoms with Gasteiger partial charge in [-0.3, -0.25) is 9.78 Å². The van der Waals surface area contributed by atoms with Gasteiger partial charge in [-0.15, -0.1) is 11.3 Å². The predicted molar refractivity (Wildman–Crippen MR) is 96.1 cm³/mol. The van der Waals surface area contributed by atoms with Gasteiger partial charge in [-0.05, 0) is 38.1 Å². The SMILES string of the molecule is Cc1oc2ccc(OCc3cncs3)cc2c1C(=O)N[C@H]1CCNC1. The molecule has 0 radical (unpaired) electrons. The molecule has 0 aliphatic carbocycles. The van der Waals surface area contributed by atoms with E-state index in [2.05, 4.69) is 15.6 Å². The summed E-state index contributed by atoms with van der Waals surface area (Å²) >= 11 is 1.55. The lowest BCUT2D eigenvalue weighted by molar-refractivity contribution is 0.0940. The molecule has 1 amide bonds. The van der Waals surface area contributed by atoms with E-state index in [9.17, 15) is 4.79 Å². The van der Waals surface area contributed by atoms with Crippen LogP contribution in [0.25, 0.3) is 11.0 Å². The van der Waals surface area contributed by atoms with Crippen LogP contribution in [0.3, 0.4) is 0 Å². The Hall–Kier alpha value is -2.38. The van der Waals surface area contributed by atoms with Crippen LogP contribution >= 0.6 is 11.3 Å². The van der Waals surface area contributed by atoms with Crippen molar-refractivity contribution in [1.82, 2.24) is 15.6 Å². The van der Waals surface area contributed by atoms with Crippen molar-refractivity contribution in [2.45, 2.75) is 26.0 Å². The van der Waals surface area contributed by atoms with Gasteiger partial charge in [0.15, 0.2) is 0 Å². The molecule has 1 aromatic carbocycles. The first-order valence-electron chi connectivity index (χ1n) is 8.25. The fourth-order valence-corrected chi connectivity index (χ4v) is 3.58. The Kier molecular flexibility index (Phi) is 4.42. The van der Waals surface area contributed by atoms with E-state index in [1.807, 2.05) is 25.1 Å². The third-order valence-corrected chi connectivity index (χ3v) is 5.08. The molecular weight excluding hydrogens is 338 g/mol. The molecule has 3 heterocycles. The Balaban J connectivity index is 1.58. The first-order valence-corrected chi connectivity index (χ1v) is 9.13. The number of nitrogens with zero attached hydrogens (tertiary/aromatic N) is 1. The second kappa shape index (κ2) is 6.85. The van der Waals surface area contributed by atoms with Gasteiger partial charge in [0.1, 0.15) is 23.7 Å². The highest BCUT2D eigenvalue weighted by Crippen LogP contribution is 2.29. The number of hydrogen-bond acceptors (Lipinski definition) is 6. The topological polar surface area (TPSA) is 76.4 Å². The number of aromatic nitrogens is 1. The molecule has 0 unspecified atom stereocenters. The molecule has 0 bridgehead atoms. The average molecular weight is 357 g/mol. The Morgan fingerprint density at radius 3 is 3.20 bits per heavy atom. The van der Waals surface area contributed by atoms with Gasteiger partial charge < -0.3 is 19.8 Å². The number of carbonyl (C=O) groups excluding carboxylic acids is 1. The summed E-state index contributed by atoms with van der Waals surface area (Å²) in [6.07, 6.45) is 2.74. The summed E-state index contributed by atoms with van der Waals surface area (Å²) in [5.41, 5.74) is 3.06. The van der Waals surface area contributed by atoms with E-state index in [0.29, 0.717) is 29.3 Å². The molecule has 1 aliphatic heterocycles. The largest absolute Gasteiger partial charge is 0.488 e. The van der Waals surface area contributed by atoms with Gasteiger partial charge in [-0.2, -0.15) is 0 Å². The molecule has 1 aliphatic rings. The number of rotatable bonds is 5. The summed E-state index contributed by atoms with van der Waals surface area (Å²) in [6, 6.07) is 5.74. The zero-order valence-electron chi connectivity index (χ0n) is 13.9. The van der Waals surface area contributed by atoms with Gasteiger partial charge in [0.05, 0.1) is 16.0 Å². The minimum absolute atomic E-state index is 0.0930. The molecule has 3 aromatic rings. The Morgan fingerprint density at radius 1 is 1.52 bits per heavy atom. The highest BCUT2D eigenvalue weighted by atomic mass is 32.1. The molecule has 2 N–H and O–H groups in total. The van der Waals surface area contributed by atoms with Crippen LogP contribution in [0.5, 0.6) is 5.75 Å².